The van der Waals surface area contributed by atoms with Gasteiger partial charge < -0.3 is 5.73 Å². The van der Waals surface area contributed by atoms with Crippen molar-refractivity contribution in [3.05, 3.63) is 23.4 Å². The first-order valence-corrected chi connectivity index (χ1v) is 5.54. The topological polar surface area (TPSA) is 62.8 Å². The lowest BCUT2D eigenvalue weighted by molar-refractivity contribution is 0.877. The molecule has 1 atom stereocenters. The van der Waals surface area contributed by atoms with Gasteiger partial charge in [0.1, 0.15) is 0 Å². The number of pyridine rings is 1. The Labute approximate surface area is 92.6 Å². The molecule has 1 aromatic rings. The third-order valence-electron chi connectivity index (χ3n) is 1.71. The van der Waals surface area contributed by atoms with Crippen molar-refractivity contribution in [2.75, 3.05) is 5.75 Å². The molecule has 14 heavy (non-hydrogen) atoms. The third kappa shape index (κ3) is 3.55. The molecular formula is C9H12ClN3S. The zero-order valence-corrected chi connectivity index (χ0v) is 9.40. The molecule has 0 aliphatic rings. The lowest BCUT2D eigenvalue weighted by atomic mass is 10.2. The highest BCUT2D eigenvalue weighted by molar-refractivity contribution is 7.99. The second kappa shape index (κ2) is 5.22. The van der Waals surface area contributed by atoms with Crippen LogP contribution < -0.4 is 5.73 Å². The van der Waals surface area contributed by atoms with Crippen LogP contribution in [0.1, 0.15) is 6.92 Å². The van der Waals surface area contributed by atoms with Gasteiger partial charge in [0.15, 0.2) is 0 Å². The van der Waals surface area contributed by atoms with Gasteiger partial charge in [0, 0.05) is 17.9 Å². The van der Waals surface area contributed by atoms with E-state index in [0.29, 0.717) is 5.02 Å². The summed E-state index contributed by atoms with van der Waals surface area (Å²) >= 11 is 7.27. The zero-order valence-electron chi connectivity index (χ0n) is 7.83. The molecule has 1 unspecified atom stereocenters. The number of hydrogen-bond donors (Lipinski definition) is 2. The Hall–Kier alpha value is -0.740. The van der Waals surface area contributed by atoms with Gasteiger partial charge in [-0.2, -0.15) is 0 Å². The van der Waals surface area contributed by atoms with Crippen molar-refractivity contribution in [1.29, 1.82) is 5.41 Å². The van der Waals surface area contributed by atoms with E-state index in [2.05, 4.69) is 4.98 Å². The maximum atomic E-state index is 7.22. The number of amidine groups is 1. The quantitative estimate of drug-likeness (QED) is 0.474. The molecule has 3 N–H and O–H groups in total. The number of hydrogen-bond acceptors (Lipinski definition) is 3. The molecule has 0 aliphatic carbocycles. The van der Waals surface area contributed by atoms with E-state index < -0.39 is 0 Å². The van der Waals surface area contributed by atoms with E-state index in [1.54, 1.807) is 24.0 Å². The van der Waals surface area contributed by atoms with Crippen LogP contribution in [0.5, 0.6) is 0 Å². The molecule has 0 radical (unpaired) electrons. The fraction of sp³-hybridized carbons (Fsp3) is 0.333. The van der Waals surface area contributed by atoms with E-state index in [4.69, 9.17) is 22.7 Å². The van der Waals surface area contributed by atoms with E-state index in [-0.39, 0.29) is 11.8 Å². The number of thioether (sulfide) groups is 1. The molecule has 1 rings (SSSR count). The molecule has 0 fully saturated rings. The Morgan fingerprint density at radius 2 is 2.43 bits per heavy atom. The van der Waals surface area contributed by atoms with Crippen LogP contribution in [0.2, 0.25) is 5.02 Å². The number of nitrogens with one attached hydrogen (secondary N) is 1. The van der Waals surface area contributed by atoms with Gasteiger partial charge >= 0.3 is 0 Å². The molecule has 5 heteroatoms. The number of aromatic nitrogens is 1. The Balaban J connectivity index is 2.46. The summed E-state index contributed by atoms with van der Waals surface area (Å²) in [5.74, 6) is 1.06. The van der Waals surface area contributed by atoms with Crippen molar-refractivity contribution in [2.24, 2.45) is 11.7 Å². The Morgan fingerprint density at radius 1 is 1.71 bits per heavy atom. The fourth-order valence-electron chi connectivity index (χ4n) is 0.748. The number of nitrogens with zero attached hydrogens (tertiary/aromatic N) is 1. The van der Waals surface area contributed by atoms with E-state index in [1.165, 1.54) is 0 Å². The largest absolute Gasteiger partial charge is 0.387 e. The summed E-state index contributed by atoms with van der Waals surface area (Å²) in [4.78, 5) is 4.13. The van der Waals surface area contributed by atoms with E-state index in [9.17, 15) is 0 Å². The zero-order chi connectivity index (χ0) is 10.6. The van der Waals surface area contributed by atoms with Gasteiger partial charge in [0.25, 0.3) is 0 Å². The summed E-state index contributed by atoms with van der Waals surface area (Å²) in [7, 11) is 0. The minimum Gasteiger partial charge on any atom is -0.387 e. The third-order valence-corrected chi connectivity index (χ3v) is 3.14. The monoisotopic (exact) mass is 229 g/mol. The van der Waals surface area contributed by atoms with E-state index >= 15 is 0 Å². The van der Waals surface area contributed by atoms with Crippen molar-refractivity contribution in [3.8, 4) is 0 Å². The van der Waals surface area contributed by atoms with Gasteiger partial charge in [-0.05, 0) is 12.1 Å². The molecule has 0 bridgehead atoms. The molecule has 0 amide bonds. The van der Waals surface area contributed by atoms with Crippen LogP contribution in [0.4, 0.5) is 0 Å². The fourth-order valence-corrected chi connectivity index (χ4v) is 1.75. The summed E-state index contributed by atoms with van der Waals surface area (Å²) in [6.07, 6.45) is 1.61. The van der Waals surface area contributed by atoms with Gasteiger partial charge in [-0.15, -0.1) is 11.8 Å². The number of halogens is 1. The van der Waals surface area contributed by atoms with E-state index in [0.717, 1.165) is 10.8 Å². The summed E-state index contributed by atoms with van der Waals surface area (Å²) in [6.45, 7) is 1.92. The molecule has 0 spiro atoms. The van der Waals surface area contributed by atoms with Gasteiger partial charge in [-0.25, -0.2) is 4.98 Å². The molecular weight excluding hydrogens is 218 g/mol. The van der Waals surface area contributed by atoms with Crippen molar-refractivity contribution >= 4 is 29.2 Å². The van der Waals surface area contributed by atoms with Crippen LogP contribution in [0.15, 0.2) is 23.4 Å². The SMILES string of the molecule is CC(CSc1ccc(Cl)cn1)C(=N)N. The van der Waals surface area contributed by atoms with Crippen LogP contribution in [-0.4, -0.2) is 16.6 Å². The highest BCUT2D eigenvalue weighted by Crippen LogP contribution is 2.19. The summed E-state index contributed by atoms with van der Waals surface area (Å²) in [5, 5.41) is 8.76. The molecule has 0 aromatic carbocycles. The lowest BCUT2D eigenvalue weighted by Crippen LogP contribution is -2.21. The summed E-state index contributed by atoms with van der Waals surface area (Å²) in [6, 6.07) is 3.66. The molecule has 76 valence electrons. The van der Waals surface area contributed by atoms with Crippen molar-refractivity contribution < 1.29 is 0 Å². The highest BCUT2D eigenvalue weighted by Gasteiger charge is 2.06. The predicted molar refractivity (Wildman–Crippen MR) is 61.0 cm³/mol. The smallest absolute Gasteiger partial charge is 0.0961 e. The average molecular weight is 230 g/mol. The molecule has 3 nitrogen and oxygen atoms in total. The van der Waals surface area contributed by atoms with E-state index in [1.807, 2.05) is 13.0 Å². The van der Waals surface area contributed by atoms with Gasteiger partial charge in [-0.3, -0.25) is 5.41 Å². The lowest BCUT2D eigenvalue weighted by Gasteiger charge is -2.07. The second-order valence-corrected chi connectivity index (χ2v) is 4.46. The average Bonchev–Trinajstić information content (AvgIpc) is 2.16. The van der Waals surface area contributed by atoms with Crippen LogP contribution in [0, 0.1) is 11.3 Å². The number of rotatable bonds is 4. The minimum atomic E-state index is 0.0810. The second-order valence-electron chi connectivity index (χ2n) is 2.98. The molecule has 1 heterocycles. The van der Waals surface area contributed by atoms with Crippen LogP contribution in [0.25, 0.3) is 0 Å². The van der Waals surface area contributed by atoms with Gasteiger partial charge in [0.2, 0.25) is 0 Å². The molecule has 0 saturated heterocycles. The van der Waals surface area contributed by atoms with Crippen molar-refractivity contribution in [3.63, 3.8) is 0 Å². The first-order valence-electron chi connectivity index (χ1n) is 4.18. The van der Waals surface area contributed by atoms with Gasteiger partial charge in [-0.1, -0.05) is 18.5 Å². The molecule has 0 aliphatic heterocycles. The highest BCUT2D eigenvalue weighted by atomic mass is 35.5. The number of nitrogens with two attached hydrogens (primary N) is 1. The van der Waals surface area contributed by atoms with Crippen LogP contribution in [0.3, 0.4) is 0 Å². The van der Waals surface area contributed by atoms with Crippen molar-refractivity contribution in [1.82, 2.24) is 4.98 Å². The van der Waals surface area contributed by atoms with Crippen molar-refractivity contribution in [2.45, 2.75) is 11.9 Å². The maximum absolute atomic E-state index is 7.22. The Kier molecular flexibility index (Phi) is 4.22. The summed E-state index contributed by atoms with van der Waals surface area (Å²) < 4.78 is 0. The summed E-state index contributed by atoms with van der Waals surface area (Å²) in [5.41, 5.74) is 5.35. The minimum absolute atomic E-state index is 0.0810. The first kappa shape index (κ1) is 11.3. The Morgan fingerprint density at radius 3 is 2.93 bits per heavy atom. The first-order chi connectivity index (χ1) is 6.59. The van der Waals surface area contributed by atoms with Crippen LogP contribution >= 0.6 is 23.4 Å². The maximum Gasteiger partial charge on any atom is 0.0961 e. The standard InChI is InChI=1S/C9H12ClN3S/c1-6(9(11)12)5-14-8-3-2-7(10)4-13-8/h2-4,6H,5H2,1H3,(H3,11,12). The van der Waals surface area contributed by atoms with Crippen LogP contribution in [-0.2, 0) is 0 Å². The normalized spacial score (nSPS) is 12.4. The van der Waals surface area contributed by atoms with Gasteiger partial charge in [0.05, 0.1) is 15.9 Å². The Bertz CT molecular complexity index is 312. The molecule has 1 aromatic heterocycles. The molecule has 0 saturated carbocycles. The predicted octanol–water partition coefficient (Wildman–Crippen LogP) is 2.40.